The highest BCUT2D eigenvalue weighted by molar-refractivity contribution is 5.95. The lowest BCUT2D eigenvalue weighted by Gasteiger charge is -2.06. The number of nitrogens with zero attached hydrogens (tertiary/aromatic N) is 2. The van der Waals surface area contributed by atoms with Crippen LogP contribution in [0.5, 0.6) is 5.75 Å². The van der Waals surface area contributed by atoms with E-state index in [-0.39, 0.29) is 18.1 Å². The van der Waals surface area contributed by atoms with Crippen LogP contribution >= 0.6 is 0 Å². The van der Waals surface area contributed by atoms with Crippen LogP contribution in [0.2, 0.25) is 0 Å². The number of phenolic OH excluding ortho intramolecular Hbond substituents is 1. The van der Waals surface area contributed by atoms with E-state index in [1.54, 1.807) is 42.9 Å². The van der Waals surface area contributed by atoms with E-state index in [9.17, 15) is 9.90 Å². The van der Waals surface area contributed by atoms with Crippen LogP contribution in [-0.2, 0) is 11.2 Å². The molecular weight excluding hydrogens is 354 g/mol. The molecule has 2 heterocycles. The predicted octanol–water partition coefficient (Wildman–Crippen LogP) is 4.39. The van der Waals surface area contributed by atoms with Crippen molar-refractivity contribution in [3.63, 3.8) is 0 Å². The number of benzene rings is 2. The van der Waals surface area contributed by atoms with Gasteiger partial charge in [0, 0.05) is 16.5 Å². The van der Waals surface area contributed by atoms with Crippen molar-refractivity contribution in [1.29, 1.82) is 0 Å². The van der Waals surface area contributed by atoms with E-state index in [1.165, 1.54) is 0 Å². The lowest BCUT2D eigenvalue weighted by Crippen LogP contribution is -2.14. The van der Waals surface area contributed by atoms with E-state index in [1.807, 2.05) is 26.0 Å². The van der Waals surface area contributed by atoms with Crippen molar-refractivity contribution in [3.05, 3.63) is 71.7 Å². The minimum Gasteiger partial charge on any atom is -0.508 e. The van der Waals surface area contributed by atoms with E-state index < -0.39 is 0 Å². The molecule has 1 amide bonds. The molecule has 0 atom stereocenters. The number of fused-ring (bicyclic) bond motifs is 1. The second kappa shape index (κ2) is 7.15. The van der Waals surface area contributed by atoms with Crippen molar-refractivity contribution >= 4 is 22.6 Å². The van der Waals surface area contributed by atoms with Gasteiger partial charge in [-0.25, -0.2) is 9.97 Å². The van der Waals surface area contributed by atoms with E-state index in [2.05, 4.69) is 15.3 Å². The molecule has 2 aromatic heterocycles. The minimum absolute atomic E-state index is 0.149. The lowest BCUT2D eigenvalue weighted by molar-refractivity contribution is -0.115. The number of aromatic nitrogens is 2. The molecule has 0 spiro atoms. The number of aromatic hydroxyl groups is 1. The largest absolute Gasteiger partial charge is 0.508 e. The SMILES string of the molecule is Cc1ccc2c(CC(=O)Nc3cnc(-c4cccc(O)c4)nc3)coc2c1C. The summed E-state index contributed by atoms with van der Waals surface area (Å²) in [4.78, 5) is 20.9. The average molecular weight is 373 g/mol. The third-order valence-corrected chi connectivity index (χ3v) is 4.73. The minimum atomic E-state index is -0.172. The smallest absolute Gasteiger partial charge is 0.229 e. The van der Waals surface area contributed by atoms with Crippen LogP contribution in [0.4, 0.5) is 5.69 Å². The number of aryl methyl sites for hydroxylation is 2. The van der Waals surface area contributed by atoms with E-state index in [0.29, 0.717) is 17.1 Å². The summed E-state index contributed by atoms with van der Waals surface area (Å²) in [5, 5.41) is 13.3. The van der Waals surface area contributed by atoms with Gasteiger partial charge in [0.1, 0.15) is 11.3 Å². The van der Waals surface area contributed by atoms with Gasteiger partial charge in [-0.05, 0) is 37.1 Å². The van der Waals surface area contributed by atoms with Gasteiger partial charge in [0.2, 0.25) is 5.91 Å². The molecule has 6 heteroatoms. The Kier molecular flexibility index (Phi) is 4.53. The van der Waals surface area contributed by atoms with Gasteiger partial charge in [0.15, 0.2) is 5.82 Å². The Labute approximate surface area is 161 Å². The van der Waals surface area contributed by atoms with E-state index >= 15 is 0 Å². The summed E-state index contributed by atoms with van der Waals surface area (Å²) in [7, 11) is 0. The fraction of sp³-hybridized carbons (Fsp3) is 0.136. The molecule has 0 aliphatic heterocycles. The maximum absolute atomic E-state index is 12.4. The molecule has 0 fully saturated rings. The van der Waals surface area contributed by atoms with Crippen molar-refractivity contribution in [3.8, 4) is 17.1 Å². The van der Waals surface area contributed by atoms with Gasteiger partial charge in [-0.15, -0.1) is 0 Å². The van der Waals surface area contributed by atoms with Crippen molar-refractivity contribution in [2.24, 2.45) is 0 Å². The van der Waals surface area contributed by atoms with Gasteiger partial charge in [-0.3, -0.25) is 4.79 Å². The molecule has 140 valence electrons. The number of rotatable bonds is 4. The number of hydrogen-bond donors (Lipinski definition) is 2. The molecule has 4 rings (SSSR count). The topological polar surface area (TPSA) is 88.2 Å². The molecule has 0 saturated heterocycles. The van der Waals surface area contributed by atoms with Crippen LogP contribution in [0.15, 0.2) is 59.5 Å². The average Bonchev–Trinajstić information content (AvgIpc) is 3.08. The number of nitrogens with one attached hydrogen (secondary N) is 1. The summed E-state index contributed by atoms with van der Waals surface area (Å²) in [6.45, 7) is 4.04. The third kappa shape index (κ3) is 3.44. The highest BCUT2D eigenvalue weighted by Gasteiger charge is 2.13. The number of furan rings is 1. The van der Waals surface area contributed by atoms with Crippen LogP contribution in [-0.4, -0.2) is 21.0 Å². The quantitative estimate of drug-likeness (QED) is 0.554. The van der Waals surface area contributed by atoms with Crippen LogP contribution in [0, 0.1) is 13.8 Å². The molecule has 0 aliphatic rings. The zero-order valence-electron chi connectivity index (χ0n) is 15.6. The Morgan fingerprint density at radius 2 is 1.93 bits per heavy atom. The first kappa shape index (κ1) is 17.7. The normalized spacial score (nSPS) is 10.9. The fourth-order valence-corrected chi connectivity index (χ4v) is 3.09. The van der Waals surface area contributed by atoms with Gasteiger partial charge in [-0.2, -0.15) is 0 Å². The summed E-state index contributed by atoms with van der Waals surface area (Å²) in [6, 6.07) is 10.7. The number of carbonyl (C=O) groups is 1. The Bertz CT molecular complexity index is 1160. The number of carbonyl (C=O) groups excluding carboxylic acids is 1. The first-order valence-corrected chi connectivity index (χ1v) is 8.89. The van der Waals surface area contributed by atoms with Gasteiger partial charge in [-0.1, -0.05) is 24.3 Å². The van der Waals surface area contributed by atoms with Gasteiger partial charge < -0.3 is 14.8 Å². The van der Waals surface area contributed by atoms with Crippen molar-refractivity contribution in [2.45, 2.75) is 20.3 Å². The van der Waals surface area contributed by atoms with Gasteiger partial charge in [0.25, 0.3) is 0 Å². The second-order valence-corrected chi connectivity index (χ2v) is 6.72. The summed E-state index contributed by atoms with van der Waals surface area (Å²) in [6.07, 6.45) is 4.93. The first-order chi connectivity index (χ1) is 13.5. The summed E-state index contributed by atoms with van der Waals surface area (Å²) < 4.78 is 5.66. The monoisotopic (exact) mass is 373 g/mol. The van der Waals surface area contributed by atoms with Gasteiger partial charge >= 0.3 is 0 Å². The molecule has 2 aromatic carbocycles. The zero-order chi connectivity index (χ0) is 19.7. The Morgan fingerprint density at radius 3 is 2.68 bits per heavy atom. The van der Waals surface area contributed by atoms with Crippen LogP contribution in [0.3, 0.4) is 0 Å². The van der Waals surface area contributed by atoms with Gasteiger partial charge in [0.05, 0.1) is 30.8 Å². The Morgan fingerprint density at radius 1 is 1.14 bits per heavy atom. The molecule has 0 bridgehead atoms. The fourth-order valence-electron chi connectivity index (χ4n) is 3.09. The van der Waals surface area contributed by atoms with Crippen LogP contribution < -0.4 is 5.32 Å². The number of phenols is 1. The highest BCUT2D eigenvalue weighted by Crippen LogP contribution is 2.27. The van der Waals surface area contributed by atoms with E-state index in [4.69, 9.17) is 4.42 Å². The third-order valence-electron chi connectivity index (χ3n) is 4.73. The van der Waals surface area contributed by atoms with Crippen molar-refractivity contribution in [2.75, 3.05) is 5.32 Å². The molecule has 0 saturated carbocycles. The summed E-state index contributed by atoms with van der Waals surface area (Å²) >= 11 is 0. The lowest BCUT2D eigenvalue weighted by atomic mass is 10.0. The summed E-state index contributed by atoms with van der Waals surface area (Å²) in [5.74, 6) is 0.450. The molecule has 4 aromatic rings. The molecule has 28 heavy (non-hydrogen) atoms. The molecule has 6 nitrogen and oxygen atoms in total. The second-order valence-electron chi connectivity index (χ2n) is 6.72. The maximum Gasteiger partial charge on any atom is 0.229 e. The number of anilines is 1. The molecular formula is C22H19N3O3. The summed E-state index contributed by atoms with van der Waals surface area (Å²) in [5.41, 5.74) is 5.11. The van der Waals surface area contributed by atoms with Crippen LogP contribution in [0.25, 0.3) is 22.4 Å². The maximum atomic E-state index is 12.4. The standard InChI is InChI=1S/C22H19N3O3/c1-13-6-7-19-16(12-28-21(19)14(13)2)9-20(27)25-17-10-23-22(24-11-17)15-4-3-5-18(26)8-15/h3-8,10-12,26H,9H2,1-2H3,(H,25,27). The van der Waals surface area contributed by atoms with Crippen LogP contribution in [0.1, 0.15) is 16.7 Å². The Hall–Kier alpha value is -3.67. The van der Waals surface area contributed by atoms with Crippen molar-refractivity contribution < 1.29 is 14.3 Å². The van der Waals surface area contributed by atoms with E-state index in [0.717, 1.165) is 27.7 Å². The highest BCUT2D eigenvalue weighted by atomic mass is 16.3. The molecule has 0 aliphatic carbocycles. The first-order valence-electron chi connectivity index (χ1n) is 8.89. The zero-order valence-corrected chi connectivity index (χ0v) is 15.6. The molecule has 0 radical (unpaired) electrons. The predicted molar refractivity (Wildman–Crippen MR) is 107 cm³/mol. The number of hydrogen-bond acceptors (Lipinski definition) is 5. The Balaban J connectivity index is 1.48. The molecule has 2 N–H and O–H groups in total. The number of amides is 1. The van der Waals surface area contributed by atoms with Crippen molar-refractivity contribution in [1.82, 2.24) is 9.97 Å². The molecule has 0 unspecified atom stereocenters.